The van der Waals surface area contributed by atoms with E-state index in [-0.39, 0.29) is 18.0 Å². The number of para-hydroxylation sites is 2. The van der Waals surface area contributed by atoms with Crippen LogP contribution in [-0.4, -0.2) is 61.1 Å². The number of nitrogens with zero attached hydrogens (tertiary/aromatic N) is 2. The molecule has 24 heavy (non-hydrogen) atoms. The van der Waals surface area contributed by atoms with Crippen molar-refractivity contribution in [3.05, 3.63) is 24.3 Å². The second-order valence-electron chi connectivity index (χ2n) is 6.17. The Labute approximate surface area is 146 Å². The highest BCUT2D eigenvalue weighted by Gasteiger charge is 2.24. The maximum atomic E-state index is 12.7. The molecule has 1 amide bonds. The number of carbonyl (C=O) groups is 1. The summed E-state index contributed by atoms with van der Waals surface area (Å²) in [5, 5.41) is 0. The van der Waals surface area contributed by atoms with Gasteiger partial charge < -0.3 is 14.4 Å². The van der Waals surface area contributed by atoms with Crippen LogP contribution in [0.15, 0.2) is 24.3 Å². The van der Waals surface area contributed by atoms with Gasteiger partial charge in [-0.1, -0.05) is 26.0 Å². The van der Waals surface area contributed by atoms with Crippen LogP contribution in [0, 0.1) is 0 Å². The van der Waals surface area contributed by atoms with Crippen LogP contribution in [-0.2, 0) is 4.79 Å². The lowest BCUT2D eigenvalue weighted by Crippen LogP contribution is -2.50. The first-order valence-electron chi connectivity index (χ1n) is 8.73. The Hall–Kier alpha value is -1.75. The summed E-state index contributed by atoms with van der Waals surface area (Å²) in [6, 6.07) is 7.67. The van der Waals surface area contributed by atoms with E-state index in [1.54, 1.807) is 7.11 Å². The summed E-state index contributed by atoms with van der Waals surface area (Å²) in [7, 11) is 1.62. The fourth-order valence-corrected chi connectivity index (χ4v) is 2.79. The van der Waals surface area contributed by atoms with Crippen LogP contribution >= 0.6 is 0 Å². The number of rotatable bonds is 10. The van der Waals surface area contributed by atoms with Gasteiger partial charge in [0.25, 0.3) is 0 Å². The topological polar surface area (TPSA) is 42.0 Å². The van der Waals surface area contributed by atoms with E-state index in [0.717, 1.165) is 13.1 Å². The minimum absolute atomic E-state index is 0.0158. The van der Waals surface area contributed by atoms with Crippen molar-refractivity contribution < 1.29 is 14.3 Å². The zero-order chi connectivity index (χ0) is 18.1. The van der Waals surface area contributed by atoms with Crippen molar-refractivity contribution >= 4 is 5.91 Å². The van der Waals surface area contributed by atoms with E-state index in [4.69, 9.17) is 9.47 Å². The van der Waals surface area contributed by atoms with E-state index in [9.17, 15) is 4.79 Å². The number of benzene rings is 1. The number of carbonyl (C=O) groups excluding carboxylic acids is 1. The van der Waals surface area contributed by atoms with E-state index in [1.807, 2.05) is 49.9 Å². The predicted octanol–water partition coefficient (Wildman–Crippen LogP) is 3.04. The van der Waals surface area contributed by atoms with Gasteiger partial charge in [0.2, 0.25) is 5.91 Å². The fraction of sp³-hybridized carbons (Fsp3) is 0.632. The molecule has 0 N–H and O–H groups in total. The third-order valence-electron chi connectivity index (χ3n) is 4.12. The maximum Gasteiger partial charge on any atom is 0.237 e. The van der Waals surface area contributed by atoms with Crippen LogP contribution in [0.3, 0.4) is 0 Å². The van der Waals surface area contributed by atoms with E-state index in [2.05, 4.69) is 18.7 Å². The molecule has 1 rings (SSSR count). The van der Waals surface area contributed by atoms with Crippen LogP contribution in [0.2, 0.25) is 0 Å². The Kier molecular flexibility index (Phi) is 8.61. The quantitative estimate of drug-likeness (QED) is 0.659. The molecule has 0 spiro atoms. The third kappa shape index (κ3) is 5.71. The highest BCUT2D eigenvalue weighted by atomic mass is 16.5. The molecule has 0 radical (unpaired) electrons. The minimum atomic E-state index is -0.0158. The van der Waals surface area contributed by atoms with Crippen molar-refractivity contribution in [3.8, 4) is 11.5 Å². The molecule has 136 valence electrons. The molecular weight excluding hydrogens is 304 g/mol. The zero-order valence-corrected chi connectivity index (χ0v) is 15.9. The highest BCUT2D eigenvalue weighted by molar-refractivity contribution is 5.78. The maximum absolute atomic E-state index is 12.7. The molecule has 0 aliphatic heterocycles. The van der Waals surface area contributed by atoms with Crippen molar-refractivity contribution in [1.29, 1.82) is 0 Å². The SMILES string of the molecule is CCN(CC)CC(=O)N(C(C)C)C(C)COc1ccccc1OC. The normalized spacial score (nSPS) is 12.3. The Morgan fingerprint density at radius 2 is 1.67 bits per heavy atom. The fourth-order valence-electron chi connectivity index (χ4n) is 2.79. The smallest absolute Gasteiger partial charge is 0.237 e. The van der Waals surface area contributed by atoms with Gasteiger partial charge in [-0.2, -0.15) is 0 Å². The van der Waals surface area contributed by atoms with Gasteiger partial charge in [-0.25, -0.2) is 0 Å². The molecular formula is C19H32N2O3. The Morgan fingerprint density at radius 1 is 1.08 bits per heavy atom. The van der Waals surface area contributed by atoms with Gasteiger partial charge >= 0.3 is 0 Å². The van der Waals surface area contributed by atoms with Gasteiger partial charge in [0, 0.05) is 6.04 Å². The summed E-state index contributed by atoms with van der Waals surface area (Å²) >= 11 is 0. The Morgan fingerprint density at radius 3 is 2.17 bits per heavy atom. The molecule has 0 aliphatic rings. The lowest BCUT2D eigenvalue weighted by Gasteiger charge is -2.34. The lowest BCUT2D eigenvalue weighted by atomic mass is 10.2. The summed E-state index contributed by atoms with van der Waals surface area (Å²) in [6.45, 7) is 12.9. The van der Waals surface area contributed by atoms with Crippen molar-refractivity contribution in [2.45, 2.75) is 46.7 Å². The molecule has 0 saturated carbocycles. The van der Waals surface area contributed by atoms with Crippen molar-refractivity contribution in [2.24, 2.45) is 0 Å². The molecule has 0 fully saturated rings. The Balaban J connectivity index is 2.72. The molecule has 1 atom stereocenters. The second-order valence-corrected chi connectivity index (χ2v) is 6.17. The van der Waals surface area contributed by atoms with Crippen molar-refractivity contribution in [3.63, 3.8) is 0 Å². The number of ether oxygens (including phenoxy) is 2. The first-order chi connectivity index (χ1) is 11.4. The van der Waals surface area contributed by atoms with E-state index in [0.29, 0.717) is 24.7 Å². The van der Waals surface area contributed by atoms with E-state index in [1.165, 1.54) is 0 Å². The van der Waals surface area contributed by atoms with Crippen LogP contribution in [0.5, 0.6) is 11.5 Å². The number of amides is 1. The molecule has 0 aliphatic carbocycles. The molecule has 1 unspecified atom stereocenters. The predicted molar refractivity (Wildman–Crippen MR) is 97.7 cm³/mol. The molecule has 0 saturated heterocycles. The van der Waals surface area contributed by atoms with Crippen LogP contribution < -0.4 is 9.47 Å². The van der Waals surface area contributed by atoms with Gasteiger partial charge in [-0.3, -0.25) is 9.69 Å². The molecule has 1 aromatic rings. The summed E-state index contributed by atoms with van der Waals surface area (Å²) in [5.74, 6) is 1.55. The average molecular weight is 336 g/mol. The van der Waals surface area contributed by atoms with E-state index >= 15 is 0 Å². The number of hydrogen-bond donors (Lipinski definition) is 0. The summed E-state index contributed by atoms with van der Waals surface area (Å²) in [6.07, 6.45) is 0. The highest BCUT2D eigenvalue weighted by Crippen LogP contribution is 2.26. The van der Waals surface area contributed by atoms with Gasteiger partial charge in [-0.05, 0) is 46.0 Å². The average Bonchev–Trinajstić information content (AvgIpc) is 2.57. The first kappa shape index (κ1) is 20.3. The first-order valence-corrected chi connectivity index (χ1v) is 8.73. The largest absolute Gasteiger partial charge is 0.493 e. The zero-order valence-electron chi connectivity index (χ0n) is 15.9. The molecule has 5 nitrogen and oxygen atoms in total. The van der Waals surface area contributed by atoms with Gasteiger partial charge in [-0.15, -0.1) is 0 Å². The molecule has 1 aromatic carbocycles. The summed E-state index contributed by atoms with van der Waals surface area (Å²) in [5.41, 5.74) is 0. The van der Waals surface area contributed by atoms with Crippen molar-refractivity contribution in [1.82, 2.24) is 9.80 Å². The van der Waals surface area contributed by atoms with E-state index < -0.39 is 0 Å². The summed E-state index contributed by atoms with van der Waals surface area (Å²) < 4.78 is 11.2. The molecule has 5 heteroatoms. The van der Waals surface area contributed by atoms with Gasteiger partial charge in [0.15, 0.2) is 11.5 Å². The van der Waals surface area contributed by atoms with Crippen LogP contribution in [0.25, 0.3) is 0 Å². The van der Waals surface area contributed by atoms with Gasteiger partial charge in [0.05, 0.1) is 19.7 Å². The third-order valence-corrected chi connectivity index (χ3v) is 4.12. The number of hydrogen-bond acceptors (Lipinski definition) is 4. The molecule has 0 aromatic heterocycles. The molecule has 0 heterocycles. The Bertz CT molecular complexity index is 501. The number of methoxy groups -OCH3 is 1. The number of likely N-dealkylation sites (N-methyl/N-ethyl adjacent to an activating group) is 1. The second kappa shape index (κ2) is 10.2. The van der Waals surface area contributed by atoms with Gasteiger partial charge in [0.1, 0.15) is 6.61 Å². The standard InChI is InChI=1S/C19H32N2O3/c1-7-20(8-2)13-19(22)21(15(3)4)16(5)14-24-18-12-10-9-11-17(18)23-6/h9-12,15-16H,7-8,13-14H2,1-6H3. The van der Waals surface area contributed by atoms with Crippen LogP contribution in [0.1, 0.15) is 34.6 Å². The monoisotopic (exact) mass is 336 g/mol. The molecule has 0 bridgehead atoms. The summed E-state index contributed by atoms with van der Waals surface area (Å²) in [4.78, 5) is 16.7. The van der Waals surface area contributed by atoms with Crippen molar-refractivity contribution in [2.75, 3.05) is 33.4 Å². The van der Waals surface area contributed by atoms with Crippen LogP contribution in [0.4, 0.5) is 0 Å². The minimum Gasteiger partial charge on any atom is -0.493 e. The lowest BCUT2D eigenvalue weighted by molar-refractivity contribution is -0.137.